The van der Waals surface area contributed by atoms with Crippen LogP contribution in [0.4, 0.5) is 0 Å². The van der Waals surface area contributed by atoms with Crippen LogP contribution < -0.4 is 10.6 Å². The Hall–Kier alpha value is -0.610. The average Bonchev–Trinajstić information content (AvgIpc) is 2.19. The Labute approximate surface area is 99.8 Å². The summed E-state index contributed by atoms with van der Waals surface area (Å²) >= 11 is 0. The molecule has 1 amide bonds. The first kappa shape index (κ1) is 15.4. The molecule has 2 N–H and O–H groups in total. The molecule has 0 aromatic heterocycles. The van der Waals surface area contributed by atoms with E-state index in [1.807, 2.05) is 14.1 Å². The van der Waals surface area contributed by atoms with Gasteiger partial charge in [0, 0.05) is 6.54 Å². The van der Waals surface area contributed by atoms with Crippen molar-refractivity contribution in [3.8, 4) is 0 Å². The summed E-state index contributed by atoms with van der Waals surface area (Å²) in [6, 6.07) is 0. The van der Waals surface area contributed by atoms with Gasteiger partial charge < -0.3 is 15.5 Å². The fraction of sp³-hybridized carbons (Fsp3) is 0.917. The molecular weight excluding hydrogens is 202 g/mol. The van der Waals surface area contributed by atoms with Gasteiger partial charge in [0.1, 0.15) is 0 Å². The number of carbonyl (C=O) groups is 1. The molecular formula is C12H27N3O. The molecule has 0 aromatic carbocycles. The molecule has 0 atom stereocenters. The highest BCUT2D eigenvalue weighted by Gasteiger charge is 2.00. The summed E-state index contributed by atoms with van der Waals surface area (Å²) in [6.07, 6.45) is 2.12. The zero-order valence-corrected chi connectivity index (χ0v) is 11.2. The Morgan fingerprint density at radius 1 is 1.25 bits per heavy atom. The molecule has 0 aliphatic carbocycles. The molecule has 0 aliphatic rings. The van der Waals surface area contributed by atoms with Gasteiger partial charge in [0.15, 0.2) is 0 Å². The van der Waals surface area contributed by atoms with Crippen LogP contribution in [-0.2, 0) is 4.79 Å². The van der Waals surface area contributed by atoms with Crippen molar-refractivity contribution in [3.63, 3.8) is 0 Å². The van der Waals surface area contributed by atoms with Crippen LogP contribution in [0.15, 0.2) is 0 Å². The van der Waals surface area contributed by atoms with Gasteiger partial charge in [-0.15, -0.1) is 0 Å². The lowest BCUT2D eigenvalue weighted by molar-refractivity contribution is -0.120. The van der Waals surface area contributed by atoms with Gasteiger partial charge >= 0.3 is 0 Å². The molecule has 0 bridgehead atoms. The van der Waals surface area contributed by atoms with Gasteiger partial charge in [0.25, 0.3) is 0 Å². The predicted octanol–water partition coefficient (Wildman–Crippen LogP) is 0.690. The molecule has 16 heavy (non-hydrogen) atoms. The minimum absolute atomic E-state index is 0.0995. The third kappa shape index (κ3) is 11.5. The van der Waals surface area contributed by atoms with Gasteiger partial charge in [-0.3, -0.25) is 4.79 Å². The van der Waals surface area contributed by atoms with E-state index in [0.29, 0.717) is 12.5 Å². The average molecular weight is 229 g/mol. The van der Waals surface area contributed by atoms with E-state index in [1.54, 1.807) is 0 Å². The molecule has 4 heteroatoms. The van der Waals surface area contributed by atoms with Crippen molar-refractivity contribution in [2.45, 2.75) is 26.7 Å². The maximum Gasteiger partial charge on any atom is 0.233 e. The van der Waals surface area contributed by atoms with Gasteiger partial charge in [0.2, 0.25) is 5.91 Å². The van der Waals surface area contributed by atoms with Crippen molar-refractivity contribution < 1.29 is 4.79 Å². The molecule has 0 aromatic rings. The van der Waals surface area contributed by atoms with Crippen molar-refractivity contribution >= 4 is 5.91 Å². The fourth-order valence-corrected chi connectivity index (χ4v) is 1.28. The second-order valence-corrected chi connectivity index (χ2v) is 4.87. The topological polar surface area (TPSA) is 44.4 Å². The standard InChI is InChI=1S/C12H27N3O/c1-11(2)6-8-13-10-12(16)14-7-5-9-15(3)4/h11,13H,5-10H2,1-4H3,(H,14,16). The highest BCUT2D eigenvalue weighted by Crippen LogP contribution is 1.95. The molecule has 0 saturated heterocycles. The van der Waals surface area contributed by atoms with E-state index in [4.69, 9.17) is 0 Å². The highest BCUT2D eigenvalue weighted by molar-refractivity contribution is 5.77. The maximum absolute atomic E-state index is 11.3. The van der Waals surface area contributed by atoms with Gasteiger partial charge in [-0.25, -0.2) is 0 Å². The summed E-state index contributed by atoms with van der Waals surface area (Å²) in [4.78, 5) is 13.5. The van der Waals surface area contributed by atoms with Crippen molar-refractivity contribution in [2.24, 2.45) is 5.92 Å². The number of nitrogens with one attached hydrogen (secondary N) is 2. The van der Waals surface area contributed by atoms with E-state index in [9.17, 15) is 4.79 Å². The van der Waals surface area contributed by atoms with Crippen LogP contribution in [0.2, 0.25) is 0 Å². The normalized spacial score (nSPS) is 11.1. The highest BCUT2D eigenvalue weighted by atomic mass is 16.1. The maximum atomic E-state index is 11.3. The van der Waals surface area contributed by atoms with Crippen LogP contribution in [0.1, 0.15) is 26.7 Å². The predicted molar refractivity (Wildman–Crippen MR) is 68.5 cm³/mol. The number of rotatable bonds is 9. The summed E-state index contributed by atoms with van der Waals surface area (Å²) in [5.74, 6) is 0.790. The molecule has 96 valence electrons. The van der Waals surface area contributed by atoms with Crippen LogP contribution in [0.3, 0.4) is 0 Å². The third-order valence-electron chi connectivity index (χ3n) is 2.29. The van der Waals surface area contributed by atoms with Gasteiger partial charge in [-0.05, 0) is 45.9 Å². The second-order valence-electron chi connectivity index (χ2n) is 4.87. The summed E-state index contributed by atoms with van der Waals surface area (Å²) in [5, 5.41) is 6.04. The van der Waals surface area contributed by atoms with Crippen LogP contribution in [0.25, 0.3) is 0 Å². The molecule has 0 unspecified atom stereocenters. The monoisotopic (exact) mass is 229 g/mol. The quantitative estimate of drug-likeness (QED) is 0.572. The zero-order valence-electron chi connectivity index (χ0n) is 11.2. The summed E-state index contributed by atoms with van der Waals surface area (Å²) in [5.41, 5.74) is 0. The number of hydrogen-bond donors (Lipinski definition) is 2. The van der Waals surface area contributed by atoms with E-state index in [-0.39, 0.29) is 5.91 Å². The van der Waals surface area contributed by atoms with Crippen LogP contribution >= 0.6 is 0 Å². The summed E-state index contributed by atoms with van der Waals surface area (Å²) < 4.78 is 0. The first-order valence-electron chi connectivity index (χ1n) is 6.14. The van der Waals surface area contributed by atoms with Crippen molar-refractivity contribution in [1.29, 1.82) is 0 Å². The molecule has 0 rings (SSSR count). The number of nitrogens with zero attached hydrogens (tertiary/aromatic N) is 1. The number of hydrogen-bond acceptors (Lipinski definition) is 3. The van der Waals surface area contributed by atoms with Gasteiger partial charge in [-0.2, -0.15) is 0 Å². The minimum Gasteiger partial charge on any atom is -0.355 e. The van der Waals surface area contributed by atoms with Gasteiger partial charge in [0.05, 0.1) is 6.54 Å². The Kier molecular flexibility index (Phi) is 9.24. The summed E-state index contributed by atoms with van der Waals surface area (Å²) in [6.45, 7) is 7.51. The van der Waals surface area contributed by atoms with Crippen LogP contribution in [0.5, 0.6) is 0 Å². The summed E-state index contributed by atoms with van der Waals surface area (Å²) in [7, 11) is 4.07. The Morgan fingerprint density at radius 3 is 2.50 bits per heavy atom. The zero-order chi connectivity index (χ0) is 12.4. The fourth-order valence-electron chi connectivity index (χ4n) is 1.28. The Balaban J connectivity index is 3.25. The number of carbonyl (C=O) groups excluding carboxylic acids is 1. The smallest absolute Gasteiger partial charge is 0.233 e. The Morgan fingerprint density at radius 2 is 1.94 bits per heavy atom. The molecule has 0 saturated carbocycles. The van der Waals surface area contributed by atoms with E-state index in [1.165, 1.54) is 0 Å². The lowest BCUT2D eigenvalue weighted by Crippen LogP contribution is -2.35. The molecule has 0 radical (unpaired) electrons. The molecule has 0 spiro atoms. The van der Waals surface area contributed by atoms with E-state index >= 15 is 0 Å². The molecule has 0 heterocycles. The Bertz CT molecular complexity index is 163. The third-order valence-corrected chi connectivity index (χ3v) is 2.29. The molecule has 4 nitrogen and oxygen atoms in total. The lowest BCUT2D eigenvalue weighted by atomic mass is 10.1. The largest absolute Gasteiger partial charge is 0.355 e. The van der Waals surface area contributed by atoms with Crippen LogP contribution in [0, 0.1) is 5.92 Å². The van der Waals surface area contributed by atoms with E-state index < -0.39 is 0 Å². The first-order chi connectivity index (χ1) is 7.52. The van der Waals surface area contributed by atoms with Crippen molar-refractivity contribution in [3.05, 3.63) is 0 Å². The lowest BCUT2D eigenvalue weighted by Gasteiger charge is -2.10. The molecule has 0 fully saturated rings. The molecule has 0 aliphatic heterocycles. The van der Waals surface area contributed by atoms with Crippen LogP contribution in [-0.4, -0.2) is 51.1 Å². The minimum atomic E-state index is 0.0995. The van der Waals surface area contributed by atoms with Crippen molar-refractivity contribution in [2.75, 3.05) is 40.3 Å². The van der Waals surface area contributed by atoms with E-state index in [2.05, 4.69) is 29.4 Å². The second kappa shape index (κ2) is 9.60. The first-order valence-corrected chi connectivity index (χ1v) is 6.14. The number of amides is 1. The van der Waals surface area contributed by atoms with Crippen molar-refractivity contribution in [1.82, 2.24) is 15.5 Å². The SMILES string of the molecule is CC(C)CCNCC(=O)NCCCN(C)C. The van der Waals surface area contributed by atoms with Gasteiger partial charge in [-0.1, -0.05) is 13.8 Å². The van der Waals surface area contributed by atoms with E-state index in [0.717, 1.165) is 32.5 Å².